The number of aromatic nitrogens is 1. The molecule has 34 heavy (non-hydrogen) atoms. The number of esters is 1. The number of hydrogen-bond acceptors (Lipinski definition) is 6. The lowest BCUT2D eigenvalue weighted by atomic mass is 9.99. The predicted molar refractivity (Wildman–Crippen MR) is 127 cm³/mol. The minimum absolute atomic E-state index is 0.134. The number of aryl methyl sites for hydroxylation is 1. The maximum Gasteiger partial charge on any atom is 0.349 e. The van der Waals surface area contributed by atoms with E-state index in [1.807, 2.05) is 38.1 Å². The Morgan fingerprint density at radius 3 is 2.41 bits per heavy atom. The summed E-state index contributed by atoms with van der Waals surface area (Å²) in [5, 5.41) is 9.50. The summed E-state index contributed by atoms with van der Waals surface area (Å²) in [6.45, 7) is 7.37. The van der Waals surface area contributed by atoms with Crippen LogP contribution in [0, 0.1) is 25.2 Å². The third-order valence-corrected chi connectivity index (χ3v) is 6.10. The molecule has 0 saturated heterocycles. The predicted octanol–water partition coefficient (Wildman–Crippen LogP) is 3.57. The number of benzene rings is 1. The highest BCUT2D eigenvalue weighted by Gasteiger charge is 2.24. The molecule has 8 heteroatoms. The second-order valence-corrected chi connectivity index (χ2v) is 8.27. The molecular weight excluding hydrogens is 434 g/mol. The van der Waals surface area contributed by atoms with Crippen LogP contribution in [0.4, 0.5) is 0 Å². The van der Waals surface area contributed by atoms with Crippen molar-refractivity contribution in [3.05, 3.63) is 51.9 Å². The first-order chi connectivity index (χ1) is 16.3. The first-order valence-electron chi connectivity index (χ1n) is 11.3. The van der Waals surface area contributed by atoms with Crippen LogP contribution in [0.5, 0.6) is 11.5 Å². The molecule has 3 rings (SSSR count). The first kappa shape index (κ1) is 24.9. The second kappa shape index (κ2) is 10.9. The molecule has 0 bridgehead atoms. The van der Waals surface area contributed by atoms with Crippen LogP contribution in [-0.4, -0.2) is 48.7 Å². The Hall–Kier alpha value is -3.73. The van der Waals surface area contributed by atoms with Gasteiger partial charge in [-0.1, -0.05) is 6.92 Å². The smallest absolute Gasteiger partial charge is 0.349 e. The van der Waals surface area contributed by atoms with Gasteiger partial charge in [0.05, 0.1) is 14.2 Å². The molecule has 0 unspecified atom stereocenters. The Kier molecular flexibility index (Phi) is 8.00. The lowest BCUT2D eigenvalue weighted by Gasteiger charge is -2.29. The van der Waals surface area contributed by atoms with Crippen molar-refractivity contribution in [2.45, 2.75) is 46.7 Å². The number of hydrogen-bond donors (Lipinski definition) is 0. The molecule has 0 aliphatic carbocycles. The van der Waals surface area contributed by atoms with Crippen LogP contribution in [0.15, 0.2) is 23.8 Å². The molecule has 2 aromatic rings. The van der Waals surface area contributed by atoms with Gasteiger partial charge >= 0.3 is 5.97 Å². The standard InChI is InChI=1S/C26H31N3O5/c1-6-8-29-17(2)10-20(18(29)3)11-21(14-27)26(31)34-16-25(30)28-9-7-19-12-23(32-4)24(33-5)13-22(19)15-28/h10-13H,6-9,15-16H2,1-5H3/b21-11+. The molecule has 0 saturated carbocycles. The maximum absolute atomic E-state index is 12.7. The molecule has 0 spiro atoms. The van der Waals surface area contributed by atoms with Gasteiger partial charge < -0.3 is 23.7 Å². The Bertz CT molecular complexity index is 1160. The van der Waals surface area contributed by atoms with Crippen LogP contribution in [0.25, 0.3) is 6.08 Å². The van der Waals surface area contributed by atoms with Crippen molar-refractivity contribution in [2.75, 3.05) is 27.4 Å². The lowest BCUT2D eigenvalue weighted by Crippen LogP contribution is -2.38. The average molecular weight is 466 g/mol. The van der Waals surface area contributed by atoms with E-state index in [4.69, 9.17) is 14.2 Å². The third-order valence-electron chi connectivity index (χ3n) is 6.10. The minimum Gasteiger partial charge on any atom is -0.493 e. The largest absolute Gasteiger partial charge is 0.493 e. The molecule has 180 valence electrons. The van der Waals surface area contributed by atoms with Crippen molar-refractivity contribution < 1.29 is 23.8 Å². The number of carbonyl (C=O) groups is 2. The molecule has 0 fully saturated rings. The fraction of sp³-hybridized carbons (Fsp3) is 0.423. The van der Waals surface area contributed by atoms with Gasteiger partial charge in [-0.25, -0.2) is 4.79 Å². The van der Waals surface area contributed by atoms with Crippen molar-refractivity contribution >= 4 is 18.0 Å². The van der Waals surface area contributed by atoms with Crippen molar-refractivity contribution in [1.29, 1.82) is 5.26 Å². The summed E-state index contributed by atoms with van der Waals surface area (Å²) in [5.74, 6) is 0.137. The van der Waals surface area contributed by atoms with Crippen molar-refractivity contribution in [1.82, 2.24) is 9.47 Å². The van der Waals surface area contributed by atoms with Crippen LogP contribution in [0.1, 0.15) is 41.4 Å². The number of carbonyl (C=O) groups excluding carboxylic acids is 2. The maximum atomic E-state index is 12.7. The Labute approximate surface area is 200 Å². The van der Waals surface area contributed by atoms with Crippen LogP contribution < -0.4 is 9.47 Å². The zero-order valence-corrected chi connectivity index (χ0v) is 20.4. The highest BCUT2D eigenvalue weighted by atomic mass is 16.5. The van der Waals surface area contributed by atoms with Gasteiger partial charge in [-0.3, -0.25) is 4.79 Å². The highest BCUT2D eigenvalue weighted by Crippen LogP contribution is 2.33. The van der Waals surface area contributed by atoms with Gasteiger partial charge in [0.1, 0.15) is 11.6 Å². The van der Waals surface area contributed by atoms with Crippen LogP contribution in [-0.2, 0) is 33.8 Å². The van der Waals surface area contributed by atoms with E-state index >= 15 is 0 Å². The topological polar surface area (TPSA) is 93.8 Å². The summed E-state index contributed by atoms with van der Waals surface area (Å²) in [5.41, 5.74) is 4.76. The molecule has 2 heterocycles. The van der Waals surface area contributed by atoms with E-state index in [-0.39, 0.29) is 11.5 Å². The summed E-state index contributed by atoms with van der Waals surface area (Å²) >= 11 is 0. The highest BCUT2D eigenvalue weighted by molar-refractivity contribution is 5.99. The van der Waals surface area contributed by atoms with E-state index in [1.165, 1.54) is 6.08 Å². The third kappa shape index (κ3) is 5.25. The first-order valence-corrected chi connectivity index (χ1v) is 11.3. The van der Waals surface area contributed by atoms with Gasteiger partial charge in [-0.15, -0.1) is 0 Å². The Balaban J connectivity index is 1.65. The molecule has 8 nitrogen and oxygen atoms in total. The molecule has 0 atom stereocenters. The van der Waals surface area contributed by atoms with Gasteiger partial charge in [-0.2, -0.15) is 5.26 Å². The summed E-state index contributed by atoms with van der Waals surface area (Å²) in [6.07, 6.45) is 3.17. The van der Waals surface area contributed by atoms with Gasteiger partial charge in [-0.05, 0) is 67.7 Å². The molecular formula is C26H31N3O5. The number of rotatable bonds is 8. The molecule has 1 aliphatic rings. The summed E-state index contributed by atoms with van der Waals surface area (Å²) < 4.78 is 18.1. The fourth-order valence-electron chi connectivity index (χ4n) is 4.23. The van der Waals surface area contributed by atoms with E-state index in [1.54, 1.807) is 19.1 Å². The molecule has 0 N–H and O–H groups in total. The fourth-order valence-corrected chi connectivity index (χ4v) is 4.23. The van der Waals surface area contributed by atoms with Gasteiger partial charge in [0.15, 0.2) is 18.1 Å². The molecule has 1 amide bonds. The van der Waals surface area contributed by atoms with Crippen LogP contribution in [0.3, 0.4) is 0 Å². The lowest BCUT2D eigenvalue weighted by molar-refractivity contribution is -0.149. The summed E-state index contributed by atoms with van der Waals surface area (Å²) in [7, 11) is 3.15. The van der Waals surface area contributed by atoms with Gasteiger partial charge in [0.2, 0.25) is 0 Å². The molecule has 1 aliphatic heterocycles. The average Bonchev–Trinajstić information content (AvgIpc) is 3.11. The van der Waals surface area contributed by atoms with E-state index in [9.17, 15) is 14.9 Å². The molecule has 0 radical (unpaired) electrons. The summed E-state index contributed by atoms with van der Waals surface area (Å²) in [4.78, 5) is 26.9. The Morgan fingerprint density at radius 2 is 1.79 bits per heavy atom. The Morgan fingerprint density at radius 1 is 1.12 bits per heavy atom. The number of fused-ring (bicyclic) bond motifs is 1. The van der Waals surface area contributed by atoms with Crippen LogP contribution >= 0.6 is 0 Å². The van der Waals surface area contributed by atoms with Crippen LogP contribution in [0.2, 0.25) is 0 Å². The van der Waals surface area contributed by atoms with E-state index in [0.717, 1.165) is 41.0 Å². The van der Waals surface area contributed by atoms with E-state index < -0.39 is 12.6 Å². The summed E-state index contributed by atoms with van der Waals surface area (Å²) in [6, 6.07) is 7.64. The number of methoxy groups -OCH3 is 2. The second-order valence-electron chi connectivity index (χ2n) is 8.27. The zero-order chi connectivity index (χ0) is 24.8. The number of nitriles is 1. The monoisotopic (exact) mass is 465 g/mol. The molecule has 1 aromatic carbocycles. The van der Waals surface area contributed by atoms with E-state index in [2.05, 4.69) is 11.5 Å². The zero-order valence-electron chi connectivity index (χ0n) is 20.4. The van der Waals surface area contributed by atoms with Crippen molar-refractivity contribution in [2.24, 2.45) is 0 Å². The van der Waals surface area contributed by atoms with Gasteiger partial charge in [0.25, 0.3) is 5.91 Å². The number of amides is 1. The van der Waals surface area contributed by atoms with E-state index in [0.29, 0.717) is 31.0 Å². The SMILES string of the molecule is CCCn1c(C)cc(/C=C(\C#N)C(=O)OCC(=O)N2CCc3cc(OC)c(OC)cc3C2)c1C. The van der Waals surface area contributed by atoms with Crippen molar-refractivity contribution in [3.63, 3.8) is 0 Å². The molecule has 1 aromatic heterocycles. The number of nitrogens with zero attached hydrogens (tertiary/aromatic N) is 3. The quantitative estimate of drug-likeness (QED) is 0.336. The van der Waals surface area contributed by atoms with Crippen molar-refractivity contribution in [3.8, 4) is 17.6 Å². The number of ether oxygens (including phenoxy) is 3. The van der Waals surface area contributed by atoms with Gasteiger partial charge in [0, 0.05) is 31.0 Å². The normalized spacial score (nSPS) is 13.2. The minimum atomic E-state index is -0.806.